The lowest BCUT2D eigenvalue weighted by molar-refractivity contribution is -0.137. The SMILES string of the molecule is COc1ccc(Cn2nnc(C(=O)O)c2Oc2ccc(C(F)(F)F)cc2)cc1. The molecule has 1 heterocycles. The summed E-state index contributed by atoms with van der Waals surface area (Å²) in [6.07, 6.45) is -4.48. The minimum atomic E-state index is -4.48. The van der Waals surface area contributed by atoms with Gasteiger partial charge < -0.3 is 14.6 Å². The minimum absolute atomic E-state index is 0.0220. The molecule has 1 N–H and O–H groups in total. The minimum Gasteiger partial charge on any atom is -0.497 e. The molecule has 0 spiro atoms. The number of benzene rings is 2. The first-order chi connectivity index (χ1) is 13.3. The predicted molar refractivity (Wildman–Crippen MR) is 90.6 cm³/mol. The molecule has 1 aromatic heterocycles. The molecule has 0 saturated heterocycles. The third-order valence-electron chi connectivity index (χ3n) is 3.78. The average Bonchev–Trinajstić information content (AvgIpc) is 3.04. The molecule has 10 heteroatoms. The highest BCUT2D eigenvalue weighted by molar-refractivity contribution is 5.87. The Morgan fingerprint density at radius 3 is 2.21 bits per heavy atom. The second-order valence-corrected chi connectivity index (χ2v) is 5.68. The molecule has 0 unspecified atom stereocenters. The Hall–Kier alpha value is -3.56. The van der Waals surface area contributed by atoms with Crippen molar-refractivity contribution in [2.24, 2.45) is 0 Å². The van der Waals surface area contributed by atoms with Gasteiger partial charge in [-0.15, -0.1) is 5.10 Å². The normalized spacial score (nSPS) is 11.3. The Bertz CT molecular complexity index is 967. The van der Waals surface area contributed by atoms with E-state index in [4.69, 9.17) is 9.47 Å². The average molecular weight is 393 g/mol. The first-order valence-electron chi connectivity index (χ1n) is 7.93. The molecule has 0 atom stereocenters. The number of methoxy groups -OCH3 is 1. The number of aromatic carboxylic acids is 1. The maximum absolute atomic E-state index is 12.7. The number of carboxylic acids is 1. The zero-order chi connectivity index (χ0) is 20.3. The smallest absolute Gasteiger partial charge is 0.416 e. The van der Waals surface area contributed by atoms with Crippen molar-refractivity contribution in [2.45, 2.75) is 12.7 Å². The van der Waals surface area contributed by atoms with Crippen LogP contribution in [0.15, 0.2) is 48.5 Å². The Morgan fingerprint density at radius 1 is 1.07 bits per heavy atom. The van der Waals surface area contributed by atoms with Crippen LogP contribution in [0, 0.1) is 0 Å². The molecule has 7 nitrogen and oxygen atoms in total. The van der Waals surface area contributed by atoms with E-state index in [1.54, 1.807) is 24.3 Å². The number of alkyl halides is 3. The van der Waals surface area contributed by atoms with E-state index < -0.39 is 23.4 Å². The molecule has 3 aromatic rings. The monoisotopic (exact) mass is 393 g/mol. The van der Waals surface area contributed by atoms with E-state index in [0.717, 1.165) is 29.8 Å². The summed E-state index contributed by atoms with van der Waals surface area (Å²) in [5.74, 6) is -0.894. The summed E-state index contributed by atoms with van der Waals surface area (Å²) in [5, 5.41) is 16.6. The van der Waals surface area contributed by atoms with E-state index in [1.165, 1.54) is 11.8 Å². The lowest BCUT2D eigenvalue weighted by Crippen LogP contribution is -2.07. The van der Waals surface area contributed by atoms with E-state index in [-0.39, 0.29) is 18.2 Å². The van der Waals surface area contributed by atoms with Gasteiger partial charge in [0.2, 0.25) is 5.69 Å². The lowest BCUT2D eigenvalue weighted by Gasteiger charge is -2.11. The van der Waals surface area contributed by atoms with Gasteiger partial charge >= 0.3 is 12.1 Å². The van der Waals surface area contributed by atoms with Crippen molar-refractivity contribution in [2.75, 3.05) is 7.11 Å². The Morgan fingerprint density at radius 2 is 1.68 bits per heavy atom. The van der Waals surface area contributed by atoms with Crippen molar-refractivity contribution in [1.82, 2.24) is 15.0 Å². The molecule has 0 aliphatic carbocycles. The number of rotatable bonds is 6. The molecule has 2 aromatic carbocycles. The van der Waals surface area contributed by atoms with Crippen LogP contribution in [0.2, 0.25) is 0 Å². The summed E-state index contributed by atoms with van der Waals surface area (Å²) in [6, 6.07) is 10.8. The number of halogens is 3. The lowest BCUT2D eigenvalue weighted by atomic mass is 10.2. The van der Waals surface area contributed by atoms with E-state index in [2.05, 4.69) is 10.3 Å². The second kappa shape index (κ2) is 7.59. The first kappa shape index (κ1) is 19.2. The molecule has 0 radical (unpaired) electrons. The fraction of sp³-hybridized carbons (Fsp3) is 0.167. The van der Waals surface area contributed by atoms with E-state index in [1.807, 2.05) is 0 Å². The Kier molecular flexibility index (Phi) is 5.21. The fourth-order valence-corrected chi connectivity index (χ4v) is 2.37. The van der Waals surface area contributed by atoms with Gasteiger partial charge in [-0.1, -0.05) is 17.3 Å². The quantitative estimate of drug-likeness (QED) is 0.685. The largest absolute Gasteiger partial charge is 0.497 e. The number of nitrogens with zero attached hydrogens (tertiary/aromatic N) is 3. The van der Waals surface area contributed by atoms with Crippen molar-refractivity contribution in [3.63, 3.8) is 0 Å². The maximum atomic E-state index is 12.7. The highest BCUT2D eigenvalue weighted by Crippen LogP contribution is 2.32. The highest BCUT2D eigenvalue weighted by atomic mass is 19.4. The van der Waals surface area contributed by atoms with Crippen LogP contribution in [0.25, 0.3) is 0 Å². The summed E-state index contributed by atoms with van der Waals surface area (Å²) in [4.78, 5) is 11.4. The number of aromatic nitrogens is 3. The summed E-state index contributed by atoms with van der Waals surface area (Å²) in [6.45, 7) is 0.139. The van der Waals surface area contributed by atoms with Crippen LogP contribution in [-0.4, -0.2) is 33.2 Å². The number of hydrogen-bond donors (Lipinski definition) is 1. The van der Waals surface area contributed by atoms with E-state index in [0.29, 0.717) is 5.75 Å². The third-order valence-corrected chi connectivity index (χ3v) is 3.78. The molecule has 3 rings (SSSR count). The molecule has 0 saturated carbocycles. The van der Waals surface area contributed by atoms with Crippen LogP contribution in [0.5, 0.6) is 17.4 Å². The topological polar surface area (TPSA) is 86.5 Å². The van der Waals surface area contributed by atoms with Gasteiger partial charge in [-0.05, 0) is 42.0 Å². The first-order valence-corrected chi connectivity index (χ1v) is 7.93. The van der Waals surface area contributed by atoms with Crippen molar-refractivity contribution < 1.29 is 32.5 Å². The fourth-order valence-electron chi connectivity index (χ4n) is 2.37. The zero-order valence-corrected chi connectivity index (χ0v) is 14.5. The molecule has 0 bridgehead atoms. The van der Waals surface area contributed by atoms with Gasteiger partial charge in [0.1, 0.15) is 11.5 Å². The van der Waals surface area contributed by atoms with E-state index in [9.17, 15) is 23.1 Å². The van der Waals surface area contributed by atoms with Crippen molar-refractivity contribution >= 4 is 5.97 Å². The summed E-state index contributed by atoms with van der Waals surface area (Å²) >= 11 is 0. The molecular weight excluding hydrogens is 379 g/mol. The maximum Gasteiger partial charge on any atom is 0.416 e. The number of ether oxygens (including phenoxy) is 2. The standard InChI is InChI=1S/C18H14F3N3O4/c1-27-13-6-2-11(3-7-13)10-24-16(15(17(25)26)22-23-24)28-14-8-4-12(5-9-14)18(19,20)21/h2-9H,10H2,1H3,(H,25,26). The molecule has 0 aliphatic heterocycles. The van der Waals surface area contributed by atoms with Crippen LogP contribution in [0.3, 0.4) is 0 Å². The molecule has 0 aliphatic rings. The third kappa shape index (κ3) is 4.22. The Labute approximate surface area is 156 Å². The number of carbonyl (C=O) groups is 1. The van der Waals surface area contributed by atoms with E-state index >= 15 is 0 Å². The zero-order valence-electron chi connectivity index (χ0n) is 14.5. The summed E-state index contributed by atoms with van der Waals surface area (Å²) in [5.41, 5.74) is -0.531. The van der Waals surface area contributed by atoms with Gasteiger partial charge in [0.15, 0.2) is 0 Å². The second-order valence-electron chi connectivity index (χ2n) is 5.68. The highest BCUT2D eigenvalue weighted by Gasteiger charge is 2.30. The van der Waals surface area contributed by atoms with Gasteiger partial charge in [0.25, 0.3) is 5.88 Å². The van der Waals surface area contributed by atoms with Gasteiger partial charge in [-0.25, -0.2) is 9.48 Å². The van der Waals surface area contributed by atoms with Gasteiger partial charge in [0, 0.05) is 0 Å². The predicted octanol–water partition coefficient (Wildman–Crippen LogP) is 3.84. The van der Waals surface area contributed by atoms with Crippen LogP contribution in [0.4, 0.5) is 13.2 Å². The van der Waals surface area contributed by atoms with Crippen LogP contribution in [0.1, 0.15) is 21.6 Å². The van der Waals surface area contributed by atoms with Crippen molar-refractivity contribution in [3.05, 3.63) is 65.4 Å². The molecule has 146 valence electrons. The van der Waals surface area contributed by atoms with Crippen LogP contribution >= 0.6 is 0 Å². The van der Waals surface area contributed by atoms with Crippen molar-refractivity contribution in [1.29, 1.82) is 0 Å². The number of carboxylic acid groups (broad SMARTS) is 1. The van der Waals surface area contributed by atoms with Gasteiger partial charge in [0.05, 0.1) is 19.2 Å². The Balaban J connectivity index is 1.88. The van der Waals surface area contributed by atoms with Crippen LogP contribution < -0.4 is 9.47 Å². The van der Waals surface area contributed by atoms with Crippen LogP contribution in [-0.2, 0) is 12.7 Å². The summed E-state index contributed by atoms with van der Waals surface area (Å²) in [7, 11) is 1.53. The number of hydrogen-bond acceptors (Lipinski definition) is 5. The molecular formula is C18H14F3N3O4. The van der Waals surface area contributed by atoms with Crippen molar-refractivity contribution in [3.8, 4) is 17.4 Å². The summed E-state index contributed by atoms with van der Waals surface area (Å²) < 4.78 is 49.8. The van der Waals surface area contributed by atoms with Gasteiger partial charge in [-0.3, -0.25) is 0 Å². The molecule has 0 fully saturated rings. The molecule has 28 heavy (non-hydrogen) atoms. The molecule has 0 amide bonds. The van der Waals surface area contributed by atoms with Gasteiger partial charge in [-0.2, -0.15) is 13.2 Å².